The quantitative estimate of drug-likeness (QED) is 0.418. The maximum Gasteiger partial charge on any atom is 0.262 e. The topological polar surface area (TPSA) is 131 Å². The highest BCUT2D eigenvalue weighted by Crippen LogP contribution is 2.27. The van der Waals surface area contributed by atoms with Crippen molar-refractivity contribution in [3.05, 3.63) is 52.9 Å². The van der Waals surface area contributed by atoms with E-state index in [1.807, 2.05) is 26.8 Å². The molecule has 4 heterocycles. The van der Waals surface area contributed by atoms with Crippen LogP contribution in [0.25, 0.3) is 22.2 Å². The number of aryl methyl sites for hydroxylation is 1. The monoisotopic (exact) mass is 435 g/mol. The second-order valence-electron chi connectivity index (χ2n) is 8.42. The summed E-state index contributed by atoms with van der Waals surface area (Å²) in [5, 5.41) is 20.9. The minimum absolute atomic E-state index is 0.123. The van der Waals surface area contributed by atoms with Crippen LogP contribution in [0.4, 0.5) is 17.5 Å². The van der Waals surface area contributed by atoms with E-state index >= 15 is 0 Å². The van der Waals surface area contributed by atoms with Crippen molar-refractivity contribution in [2.45, 2.75) is 39.8 Å². The Morgan fingerprint density at radius 3 is 2.66 bits per heavy atom. The lowest BCUT2D eigenvalue weighted by Gasteiger charge is -2.23. The minimum atomic E-state index is -0.322. The Morgan fingerprint density at radius 2 is 1.97 bits per heavy atom. The molecule has 0 aromatic carbocycles. The first-order chi connectivity index (χ1) is 15.2. The highest BCUT2D eigenvalue weighted by atomic mass is 16.5. The molecular weight excluding hydrogens is 410 g/mol. The standard InChI is InChI=1S/C22H25N7O3/c1-13-24-19(28-32-13)15-5-7-23-16(12-15)25-17-11-14-6-8-29(9-10-30)21(31)18(14)20(26-17)27-22(2,3)4/h5-8,11-12,30H,9-10H2,1-4H3,(H2,23,25,26,27). The molecule has 3 N–H and O–H groups in total. The van der Waals surface area contributed by atoms with Gasteiger partial charge in [0, 0.05) is 37.0 Å². The van der Waals surface area contributed by atoms with Gasteiger partial charge in [0.25, 0.3) is 5.56 Å². The molecule has 0 amide bonds. The van der Waals surface area contributed by atoms with E-state index in [-0.39, 0.29) is 24.2 Å². The van der Waals surface area contributed by atoms with E-state index in [1.54, 1.807) is 37.5 Å². The summed E-state index contributed by atoms with van der Waals surface area (Å²) in [4.78, 5) is 26.3. The molecule has 4 aromatic rings. The van der Waals surface area contributed by atoms with Gasteiger partial charge >= 0.3 is 0 Å². The number of nitrogens with one attached hydrogen (secondary N) is 2. The molecule has 0 bridgehead atoms. The molecule has 4 rings (SSSR count). The van der Waals surface area contributed by atoms with Crippen LogP contribution in [0.1, 0.15) is 26.7 Å². The third-order valence-electron chi connectivity index (χ3n) is 4.59. The molecule has 0 aliphatic carbocycles. The predicted octanol–water partition coefficient (Wildman–Crippen LogP) is 3.10. The summed E-state index contributed by atoms with van der Waals surface area (Å²) in [6, 6.07) is 7.21. The number of fused-ring (bicyclic) bond motifs is 1. The van der Waals surface area contributed by atoms with E-state index < -0.39 is 0 Å². The normalized spacial score (nSPS) is 11.7. The van der Waals surface area contributed by atoms with E-state index in [4.69, 9.17) is 4.52 Å². The molecule has 10 heteroatoms. The molecular formula is C22H25N7O3. The lowest BCUT2D eigenvalue weighted by atomic mass is 10.1. The van der Waals surface area contributed by atoms with Crippen molar-refractivity contribution >= 4 is 28.2 Å². The molecule has 0 aliphatic heterocycles. The largest absolute Gasteiger partial charge is 0.395 e. The van der Waals surface area contributed by atoms with Gasteiger partial charge < -0.3 is 24.8 Å². The van der Waals surface area contributed by atoms with Gasteiger partial charge in [-0.25, -0.2) is 9.97 Å². The van der Waals surface area contributed by atoms with Gasteiger partial charge in [0.1, 0.15) is 17.5 Å². The molecule has 0 aliphatic rings. The van der Waals surface area contributed by atoms with Crippen molar-refractivity contribution in [1.29, 1.82) is 0 Å². The zero-order chi connectivity index (χ0) is 22.9. The van der Waals surface area contributed by atoms with Crippen LogP contribution in [-0.2, 0) is 6.54 Å². The summed E-state index contributed by atoms with van der Waals surface area (Å²) in [7, 11) is 0. The van der Waals surface area contributed by atoms with E-state index in [0.29, 0.717) is 34.6 Å². The van der Waals surface area contributed by atoms with Gasteiger partial charge in [-0.1, -0.05) is 5.16 Å². The van der Waals surface area contributed by atoms with Crippen LogP contribution in [0.5, 0.6) is 0 Å². The zero-order valence-corrected chi connectivity index (χ0v) is 18.4. The predicted molar refractivity (Wildman–Crippen MR) is 122 cm³/mol. The van der Waals surface area contributed by atoms with Gasteiger partial charge in [0.05, 0.1) is 12.0 Å². The van der Waals surface area contributed by atoms with E-state index in [0.717, 1.165) is 10.9 Å². The first-order valence-corrected chi connectivity index (χ1v) is 10.2. The summed E-state index contributed by atoms with van der Waals surface area (Å²) in [6.45, 7) is 7.81. The van der Waals surface area contributed by atoms with Gasteiger partial charge in [-0.2, -0.15) is 4.98 Å². The van der Waals surface area contributed by atoms with Crippen molar-refractivity contribution in [2.75, 3.05) is 17.2 Å². The number of aliphatic hydroxyl groups excluding tert-OH is 1. The third kappa shape index (κ3) is 4.59. The van der Waals surface area contributed by atoms with Crippen LogP contribution in [0.15, 0.2) is 46.0 Å². The number of anilines is 3. The van der Waals surface area contributed by atoms with Gasteiger partial charge in [-0.3, -0.25) is 4.79 Å². The molecule has 10 nitrogen and oxygen atoms in total. The lowest BCUT2D eigenvalue weighted by molar-refractivity contribution is 0.274. The van der Waals surface area contributed by atoms with Crippen LogP contribution in [0.3, 0.4) is 0 Å². The molecule has 0 unspecified atom stereocenters. The average Bonchev–Trinajstić information content (AvgIpc) is 3.15. The molecule has 0 radical (unpaired) electrons. The summed E-state index contributed by atoms with van der Waals surface area (Å²) in [5.41, 5.74) is 0.215. The Labute approximate surface area is 184 Å². The molecule has 0 saturated carbocycles. The van der Waals surface area contributed by atoms with Gasteiger partial charge in [0.15, 0.2) is 0 Å². The molecule has 0 fully saturated rings. The highest BCUT2D eigenvalue weighted by molar-refractivity contribution is 5.93. The van der Waals surface area contributed by atoms with Crippen molar-refractivity contribution in [3.8, 4) is 11.4 Å². The molecule has 0 atom stereocenters. The van der Waals surface area contributed by atoms with Gasteiger partial charge in [-0.05, 0) is 50.4 Å². The fraction of sp³-hybridized carbons (Fsp3) is 0.318. The Kier molecular flexibility index (Phi) is 5.62. The van der Waals surface area contributed by atoms with E-state index in [2.05, 4.69) is 30.7 Å². The number of nitrogens with zero attached hydrogens (tertiary/aromatic N) is 5. The smallest absolute Gasteiger partial charge is 0.262 e. The van der Waals surface area contributed by atoms with Crippen LogP contribution < -0.4 is 16.2 Å². The number of hydrogen-bond donors (Lipinski definition) is 3. The highest BCUT2D eigenvalue weighted by Gasteiger charge is 2.17. The SMILES string of the molecule is Cc1nc(-c2ccnc(Nc3cc4ccn(CCO)c(=O)c4c(NC(C)(C)C)n3)c2)no1. The van der Waals surface area contributed by atoms with Crippen LogP contribution in [0.2, 0.25) is 0 Å². The molecule has 0 saturated heterocycles. The Morgan fingerprint density at radius 1 is 1.16 bits per heavy atom. The van der Waals surface area contributed by atoms with E-state index in [1.165, 1.54) is 4.57 Å². The zero-order valence-electron chi connectivity index (χ0n) is 18.4. The van der Waals surface area contributed by atoms with Gasteiger partial charge in [0.2, 0.25) is 11.7 Å². The summed E-state index contributed by atoms with van der Waals surface area (Å²) < 4.78 is 6.53. The number of rotatable bonds is 6. The third-order valence-corrected chi connectivity index (χ3v) is 4.59. The number of pyridine rings is 3. The number of hydrogen-bond acceptors (Lipinski definition) is 9. The van der Waals surface area contributed by atoms with Gasteiger partial charge in [-0.15, -0.1) is 0 Å². The van der Waals surface area contributed by atoms with Crippen LogP contribution in [-0.4, -0.2) is 41.9 Å². The number of aliphatic hydroxyl groups is 1. The molecule has 166 valence electrons. The first-order valence-electron chi connectivity index (χ1n) is 10.2. The Hall–Kier alpha value is -3.79. The van der Waals surface area contributed by atoms with Crippen molar-refractivity contribution in [2.24, 2.45) is 0 Å². The molecule has 4 aromatic heterocycles. The summed E-state index contributed by atoms with van der Waals surface area (Å²) in [5.74, 6) is 2.48. The Balaban J connectivity index is 1.76. The first kappa shape index (κ1) is 21.4. The number of aromatic nitrogens is 5. The van der Waals surface area contributed by atoms with E-state index in [9.17, 15) is 9.90 Å². The second kappa shape index (κ2) is 8.39. The second-order valence-corrected chi connectivity index (χ2v) is 8.42. The molecule has 32 heavy (non-hydrogen) atoms. The maximum absolute atomic E-state index is 13.0. The fourth-order valence-corrected chi connectivity index (χ4v) is 3.28. The van der Waals surface area contributed by atoms with Crippen molar-refractivity contribution in [3.63, 3.8) is 0 Å². The Bertz CT molecular complexity index is 1320. The van der Waals surface area contributed by atoms with Crippen molar-refractivity contribution < 1.29 is 9.63 Å². The van der Waals surface area contributed by atoms with Crippen LogP contribution >= 0.6 is 0 Å². The average molecular weight is 435 g/mol. The summed E-state index contributed by atoms with van der Waals surface area (Å²) in [6.07, 6.45) is 3.31. The fourth-order valence-electron chi connectivity index (χ4n) is 3.28. The minimum Gasteiger partial charge on any atom is -0.395 e. The van der Waals surface area contributed by atoms with Crippen molar-refractivity contribution in [1.82, 2.24) is 24.7 Å². The summed E-state index contributed by atoms with van der Waals surface area (Å²) >= 11 is 0. The molecule has 0 spiro atoms. The maximum atomic E-state index is 13.0. The lowest BCUT2D eigenvalue weighted by Crippen LogP contribution is -2.29. The van der Waals surface area contributed by atoms with Crippen LogP contribution in [0, 0.1) is 6.92 Å².